The van der Waals surface area contributed by atoms with Gasteiger partial charge in [0.05, 0.1) is 0 Å². The zero-order valence-electron chi connectivity index (χ0n) is 11.8. The number of anilines is 2. The van der Waals surface area contributed by atoms with Gasteiger partial charge in [-0.1, -0.05) is 49.4 Å². The van der Waals surface area contributed by atoms with Crippen LogP contribution in [0.5, 0.6) is 0 Å². The van der Waals surface area contributed by atoms with Gasteiger partial charge in [0.1, 0.15) is 10.7 Å². The zero-order chi connectivity index (χ0) is 14.5. The lowest BCUT2D eigenvalue weighted by Gasteiger charge is -2.01. The maximum Gasteiger partial charge on any atom is 0.226 e. The van der Waals surface area contributed by atoms with E-state index in [-0.39, 0.29) is 5.91 Å². The largest absolute Gasteiger partial charge is 0.389 e. The van der Waals surface area contributed by atoms with E-state index in [4.69, 9.17) is 5.73 Å². The van der Waals surface area contributed by atoms with Crippen LogP contribution in [0.1, 0.15) is 32.3 Å². The summed E-state index contributed by atoms with van der Waals surface area (Å²) in [7, 11) is 0. The number of nitrogens with one attached hydrogen (secondary N) is 1. The van der Waals surface area contributed by atoms with Gasteiger partial charge in [-0.15, -0.1) is 0 Å². The van der Waals surface area contributed by atoms with Crippen LogP contribution in [0.4, 0.5) is 10.1 Å². The summed E-state index contributed by atoms with van der Waals surface area (Å²) in [6.07, 6.45) is 2.32. The average molecular weight is 289 g/mol. The second-order valence-corrected chi connectivity index (χ2v) is 5.61. The minimum Gasteiger partial charge on any atom is -0.389 e. The third-order valence-corrected chi connectivity index (χ3v) is 3.81. The Bertz CT molecular complexity index is 590. The first-order valence-corrected chi connectivity index (χ1v) is 7.61. The lowest BCUT2D eigenvalue weighted by molar-refractivity contribution is -0.116. The maximum atomic E-state index is 11.6. The lowest BCUT2D eigenvalue weighted by atomic mass is 10.1. The highest BCUT2D eigenvalue weighted by molar-refractivity contribution is 7.20. The van der Waals surface area contributed by atoms with Gasteiger partial charge in [0, 0.05) is 12.0 Å². The van der Waals surface area contributed by atoms with Gasteiger partial charge in [0.15, 0.2) is 5.13 Å². The normalized spacial score (nSPS) is 10.5. The molecule has 20 heavy (non-hydrogen) atoms. The minimum atomic E-state index is -0.0193. The quantitative estimate of drug-likeness (QED) is 0.882. The van der Waals surface area contributed by atoms with E-state index in [1.807, 2.05) is 19.1 Å². The van der Waals surface area contributed by atoms with Crippen molar-refractivity contribution in [2.24, 2.45) is 0 Å². The Hall–Kier alpha value is -1.88. The van der Waals surface area contributed by atoms with Crippen molar-refractivity contribution in [3.05, 3.63) is 29.8 Å². The van der Waals surface area contributed by atoms with Gasteiger partial charge in [-0.3, -0.25) is 4.79 Å². The fourth-order valence-electron chi connectivity index (χ4n) is 1.90. The first-order valence-electron chi connectivity index (χ1n) is 6.79. The molecule has 0 saturated heterocycles. The summed E-state index contributed by atoms with van der Waals surface area (Å²) in [5, 5.41) is 3.98. The van der Waals surface area contributed by atoms with Crippen molar-refractivity contribution in [1.29, 1.82) is 0 Å². The number of hydrogen-bond donors (Lipinski definition) is 2. The number of thiazole rings is 1. The molecule has 0 atom stereocenters. The molecule has 0 spiro atoms. The highest BCUT2D eigenvalue weighted by atomic mass is 32.1. The fraction of sp³-hybridized carbons (Fsp3) is 0.333. The highest BCUT2D eigenvalue weighted by Gasteiger charge is 2.12. The van der Waals surface area contributed by atoms with Crippen LogP contribution in [0, 0.1) is 0 Å². The molecule has 1 amide bonds. The van der Waals surface area contributed by atoms with Crippen molar-refractivity contribution in [2.75, 3.05) is 11.1 Å². The molecule has 4 nitrogen and oxygen atoms in total. The highest BCUT2D eigenvalue weighted by Crippen LogP contribution is 2.33. The van der Waals surface area contributed by atoms with Gasteiger partial charge in [0.25, 0.3) is 0 Å². The van der Waals surface area contributed by atoms with Crippen molar-refractivity contribution in [1.82, 2.24) is 4.98 Å². The second-order valence-electron chi connectivity index (χ2n) is 4.58. The molecule has 0 aliphatic rings. The Labute approximate surface area is 123 Å². The molecular formula is C15H19N3OS. The summed E-state index contributed by atoms with van der Waals surface area (Å²) in [6, 6.07) is 8.18. The molecule has 2 rings (SSSR count). The molecule has 5 heteroatoms. The van der Waals surface area contributed by atoms with E-state index in [0.29, 0.717) is 16.6 Å². The maximum absolute atomic E-state index is 11.6. The summed E-state index contributed by atoms with van der Waals surface area (Å²) in [5.41, 5.74) is 8.99. The summed E-state index contributed by atoms with van der Waals surface area (Å²) >= 11 is 1.31. The third kappa shape index (κ3) is 3.36. The number of carbonyl (C=O) groups is 1. The predicted molar refractivity (Wildman–Crippen MR) is 84.9 cm³/mol. The summed E-state index contributed by atoms with van der Waals surface area (Å²) < 4.78 is 0. The molecule has 1 aromatic carbocycles. The van der Waals surface area contributed by atoms with E-state index in [1.165, 1.54) is 16.9 Å². The predicted octanol–water partition coefficient (Wildman–Crippen LogP) is 3.69. The van der Waals surface area contributed by atoms with E-state index < -0.39 is 0 Å². The van der Waals surface area contributed by atoms with Crippen molar-refractivity contribution in [3.8, 4) is 11.3 Å². The third-order valence-electron chi connectivity index (χ3n) is 3.01. The van der Waals surface area contributed by atoms with Gasteiger partial charge in [0.2, 0.25) is 5.91 Å². The molecule has 1 heterocycles. The van der Waals surface area contributed by atoms with Gasteiger partial charge in [-0.05, 0) is 18.4 Å². The van der Waals surface area contributed by atoms with Crippen molar-refractivity contribution in [2.45, 2.75) is 33.1 Å². The van der Waals surface area contributed by atoms with Crippen molar-refractivity contribution in [3.63, 3.8) is 0 Å². The van der Waals surface area contributed by atoms with Crippen molar-refractivity contribution < 1.29 is 4.79 Å². The number of benzene rings is 1. The Morgan fingerprint density at radius 1 is 1.30 bits per heavy atom. The average Bonchev–Trinajstić information content (AvgIpc) is 2.80. The van der Waals surface area contributed by atoms with Crippen LogP contribution >= 0.6 is 11.3 Å². The van der Waals surface area contributed by atoms with Gasteiger partial charge in [-0.2, -0.15) is 0 Å². The Morgan fingerprint density at radius 2 is 2.00 bits per heavy atom. The van der Waals surface area contributed by atoms with Crippen LogP contribution in [-0.4, -0.2) is 10.9 Å². The van der Waals surface area contributed by atoms with Crippen LogP contribution in [0.15, 0.2) is 24.3 Å². The molecule has 1 aromatic heterocycles. The van der Waals surface area contributed by atoms with E-state index in [2.05, 4.69) is 29.4 Å². The molecular weight excluding hydrogens is 270 g/mol. The molecule has 0 saturated carbocycles. The van der Waals surface area contributed by atoms with Crippen LogP contribution in [0.25, 0.3) is 11.3 Å². The SMILES string of the molecule is CCCC(=O)Nc1nc(-c2ccc(CC)cc2)c(N)s1. The number of aryl methyl sites for hydroxylation is 1. The molecule has 2 aromatic rings. The van der Waals surface area contributed by atoms with Crippen LogP contribution < -0.4 is 11.1 Å². The molecule has 0 radical (unpaired) electrons. The molecule has 0 aliphatic heterocycles. The van der Waals surface area contributed by atoms with E-state index in [1.54, 1.807) is 0 Å². The smallest absolute Gasteiger partial charge is 0.226 e. The van der Waals surface area contributed by atoms with Crippen molar-refractivity contribution >= 4 is 27.4 Å². The topological polar surface area (TPSA) is 68.0 Å². The number of aromatic nitrogens is 1. The number of carbonyl (C=O) groups excluding carboxylic acids is 1. The summed E-state index contributed by atoms with van der Waals surface area (Å²) in [4.78, 5) is 16.0. The minimum absolute atomic E-state index is 0.0193. The Morgan fingerprint density at radius 3 is 2.60 bits per heavy atom. The second kappa shape index (κ2) is 6.52. The van der Waals surface area contributed by atoms with Crippen LogP contribution in [0.3, 0.4) is 0 Å². The molecule has 0 bridgehead atoms. The number of nitrogens with zero attached hydrogens (tertiary/aromatic N) is 1. The number of nitrogen functional groups attached to an aromatic ring is 1. The number of amides is 1. The first-order chi connectivity index (χ1) is 9.63. The van der Waals surface area contributed by atoms with Gasteiger partial charge >= 0.3 is 0 Å². The Kier molecular flexibility index (Phi) is 4.74. The fourth-order valence-corrected chi connectivity index (χ4v) is 2.67. The van der Waals surface area contributed by atoms with E-state index in [0.717, 1.165) is 24.1 Å². The number of nitrogens with two attached hydrogens (primary N) is 1. The number of rotatable bonds is 5. The molecule has 0 unspecified atom stereocenters. The molecule has 0 fully saturated rings. The summed E-state index contributed by atoms with van der Waals surface area (Å²) in [5.74, 6) is -0.0193. The van der Waals surface area contributed by atoms with Gasteiger partial charge < -0.3 is 11.1 Å². The summed E-state index contributed by atoms with van der Waals surface area (Å²) in [6.45, 7) is 4.09. The molecule has 106 valence electrons. The molecule has 3 N–H and O–H groups in total. The molecule has 0 aliphatic carbocycles. The standard InChI is InChI=1S/C15H19N3OS/c1-3-5-12(19)17-15-18-13(14(16)20-15)11-8-6-10(4-2)7-9-11/h6-9H,3-5,16H2,1-2H3,(H,17,18,19). The van der Waals surface area contributed by atoms with E-state index >= 15 is 0 Å². The first kappa shape index (κ1) is 14.5. The Balaban J connectivity index is 2.19. The van der Waals surface area contributed by atoms with Crippen LogP contribution in [0.2, 0.25) is 0 Å². The van der Waals surface area contributed by atoms with Gasteiger partial charge in [-0.25, -0.2) is 4.98 Å². The lowest BCUT2D eigenvalue weighted by Crippen LogP contribution is -2.10. The van der Waals surface area contributed by atoms with E-state index in [9.17, 15) is 4.79 Å². The van der Waals surface area contributed by atoms with Crippen LogP contribution in [-0.2, 0) is 11.2 Å². The number of hydrogen-bond acceptors (Lipinski definition) is 4. The zero-order valence-corrected chi connectivity index (χ0v) is 12.6. The monoisotopic (exact) mass is 289 g/mol.